The van der Waals surface area contributed by atoms with Crippen LogP contribution in [0, 0.1) is 35.5 Å². The van der Waals surface area contributed by atoms with E-state index < -0.39 is 168 Å². The van der Waals surface area contributed by atoms with E-state index in [0.29, 0.717) is 19.5 Å². The van der Waals surface area contributed by atoms with Crippen molar-refractivity contribution in [1.29, 1.82) is 0 Å². The molecule has 12 N–H and O–H groups in total. The Balaban J connectivity index is 0.000000419. The summed E-state index contributed by atoms with van der Waals surface area (Å²) in [6.45, 7) is 27.4. The summed E-state index contributed by atoms with van der Waals surface area (Å²) in [5.74, 6) is -6.24. The highest BCUT2D eigenvalue weighted by Crippen LogP contribution is 2.39. The molecule has 4 saturated heterocycles. The minimum Gasteiger partial charge on any atom is -0.459 e. The number of carbonyl (C=O) groups excluding carboxylic acids is 4. The molecule has 0 radical (unpaired) electrons. The lowest BCUT2D eigenvalue weighted by molar-refractivity contribution is -0.298. The maximum atomic E-state index is 13.5. The number of ether oxygens (including phenoxy) is 7. The summed E-state index contributed by atoms with van der Waals surface area (Å²) in [5, 5.41) is 120. The monoisotopic (exact) mass is 1340 g/mol. The van der Waals surface area contributed by atoms with Crippen molar-refractivity contribution in [1.82, 2.24) is 25.3 Å². The van der Waals surface area contributed by atoms with Gasteiger partial charge in [-0.1, -0.05) is 71.9 Å². The first kappa shape index (κ1) is 82.6. The van der Waals surface area contributed by atoms with Gasteiger partial charge < -0.3 is 110 Å². The predicted octanol–water partition coefficient (Wildman–Crippen LogP) is 2.43. The third-order valence-electron chi connectivity index (χ3n) is 20.5. The molecule has 0 aliphatic carbocycles. The van der Waals surface area contributed by atoms with E-state index in [1.54, 1.807) is 88.5 Å². The van der Waals surface area contributed by atoms with Gasteiger partial charge in [0.2, 0.25) is 5.91 Å². The summed E-state index contributed by atoms with van der Waals surface area (Å²) in [7, 11) is 6.87. The number of carbonyl (C=O) groups is 4. The maximum absolute atomic E-state index is 13.5. The van der Waals surface area contributed by atoms with E-state index in [4.69, 9.17) is 33.2 Å². The first-order valence-electron chi connectivity index (χ1n) is 33.8. The zero-order valence-electron chi connectivity index (χ0n) is 59.6. The van der Waals surface area contributed by atoms with E-state index in [1.165, 1.54) is 39.6 Å². The first-order chi connectivity index (χ1) is 43.5. The molecule has 0 saturated carbocycles. The molecule has 4 aliphatic heterocycles. The van der Waals surface area contributed by atoms with Gasteiger partial charge in [0.15, 0.2) is 12.6 Å². The molecular formula is C68H121N5O21. The average Bonchev–Trinajstić information content (AvgIpc) is 1.19. The van der Waals surface area contributed by atoms with Crippen LogP contribution >= 0.6 is 0 Å². The van der Waals surface area contributed by atoms with Gasteiger partial charge in [-0.3, -0.25) is 14.4 Å². The molecule has 4 heterocycles. The van der Waals surface area contributed by atoms with E-state index in [0.717, 1.165) is 5.56 Å². The Kier molecular flexibility index (Phi) is 31.0. The molecule has 5 rings (SSSR count). The Morgan fingerprint density at radius 1 is 0.628 bits per heavy atom. The average molecular weight is 1340 g/mol. The summed E-state index contributed by atoms with van der Waals surface area (Å²) in [4.78, 5) is 57.3. The second-order valence-electron chi connectivity index (χ2n) is 29.1. The number of benzene rings is 1. The van der Waals surface area contributed by atoms with Crippen molar-refractivity contribution in [3.05, 3.63) is 35.9 Å². The molecule has 26 nitrogen and oxygen atoms in total. The number of aliphatic hydroxyl groups is 10. The van der Waals surface area contributed by atoms with Crippen LogP contribution in [-0.2, 0) is 54.1 Å². The number of rotatable bonds is 12. The quantitative estimate of drug-likeness (QED) is 0.106. The van der Waals surface area contributed by atoms with Crippen LogP contribution < -0.4 is 10.6 Å². The van der Waals surface area contributed by atoms with E-state index in [1.807, 2.05) is 55.8 Å². The lowest BCUT2D eigenvalue weighted by atomic mass is 9.78. The smallest absolute Gasteiger partial charge is 0.407 e. The molecule has 4 fully saturated rings. The van der Waals surface area contributed by atoms with Gasteiger partial charge in [-0.25, -0.2) is 4.79 Å². The van der Waals surface area contributed by atoms with Crippen molar-refractivity contribution in [3.8, 4) is 0 Å². The van der Waals surface area contributed by atoms with Crippen LogP contribution in [0.25, 0.3) is 0 Å². The van der Waals surface area contributed by atoms with E-state index >= 15 is 0 Å². The van der Waals surface area contributed by atoms with Crippen LogP contribution in [0.3, 0.4) is 0 Å². The number of hydrogen-bond donors (Lipinski definition) is 12. The third kappa shape index (κ3) is 21.1. The highest BCUT2D eigenvalue weighted by molar-refractivity contribution is 5.82. The number of aliphatic hydroxyl groups excluding tert-OH is 6. The number of nitrogens with zero attached hydrogens (tertiary/aromatic N) is 3. The van der Waals surface area contributed by atoms with Crippen molar-refractivity contribution < 1.29 is 103 Å². The molecule has 0 aromatic heterocycles. The van der Waals surface area contributed by atoms with Crippen LogP contribution in [0.5, 0.6) is 0 Å². The Hall–Kier alpha value is -3.78. The molecule has 0 bridgehead atoms. The van der Waals surface area contributed by atoms with E-state index in [-0.39, 0.29) is 69.2 Å². The summed E-state index contributed by atoms with van der Waals surface area (Å²) in [5.41, 5.74) is -5.93. The maximum Gasteiger partial charge on any atom is 0.407 e. The number of hydrogen-bond acceptors (Lipinski definition) is 24. The van der Waals surface area contributed by atoms with Gasteiger partial charge in [-0.15, -0.1) is 0 Å². The van der Waals surface area contributed by atoms with E-state index in [9.17, 15) is 70.2 Å². The van der Waals surface area contributed by atoms with Crippen LogP contribution in [0.1, 0.15) is 155 Å². The predicted molar refractivity (Wildman–Crippen MR) is 349 cm³/mol. The Bertz CT molecular complexity index is 2500. The van der Waals surface area contributed by atoms with Gasteiger partial charge in [0, 0.05) is 50.1 Å². The second-order valence-corrected chi connectivity index (χ2v) is 29.1. The van der Waals surface area contributed by atoms with Crippen LogP contribution in [0.15, 0.2) is 30.3 Å². The van der Waals surface area contributed by atoms with E-state index in [2.05, 4.69) is 10.6 Å². The standard InChI is InChI=1S/C39H65N3O12.C29H56N2O9/c1-11-29-39(8,50)33(46)26(6)41(9)20-22(2)18-38(7,49)34(24(4)31(44)25(5)35(47)53-29)54-36-32(45)28(17-23(3)52-36)42(10)30(43)19-40-37(48)51-21-27-15-13-12-14-16-27;1-11-21-29(8,37)24(34)19(6)31(10)14-15(2)13-28(7,36)25(17(4)22(32)18(5)26(35)39-21)40-27-23(33)20(30-9)12-16(3)38-27/h12-16,22-26,28-29,31-34,36,44-46,49-50H,11,17-21H2,1-10H3,(H,40,48);15-25,27,30,32-34,36-37H,11-14H2,1-10H3/t22-,23-,24+,25-,26-,28+,29-,31+,32-,33-,34-,36+,38-,39-;15-,16-,17+,18-,19-,20+,21-,22+,23-,24-,25-,27+,28-,29-/m11/s1. The molecule has 26 heteroatoms. The second kappa shape index (κ2) is 35.3. The molecule has 28 atom stereocenters. The molecule has 1 aromatic carbocycles. The largest absolute Gasteiger partial charge is 0.459 e. The zero-order valence-corrected chi connectivity index (χ0v) is 59.6. The Morgan fingerprint density at radius 2 is 1.03 bits per heavy atom. The SMILES string of the molecule is CC[C@H]1OC(=O)[C@H](C)[C@@H](O)[C@H](C)[C@@H](O[C@@H]2O[C@H](C)C[C@H](N(C)C(=O)CNC(=O)OCc3ccccc3)[C@H]2O)[C@](C)(O)C[C@@H](C)CN(C)[C@H](C)[C@@H](O)[C@]1(C)O.CC[C@H]1OC(=O)[C@H](C)[C@@H](O)[C@H](C)[C@@H](O[C@@H]2O[C@H](C)C[C@H](NC)[C@H]2O)[C@](C)(O)C[C@@H](C)CN(C)[C@H](C)[C@@H](O)[C@]1(C)O. The fourth-order valence-electron chi connectivity index (χ4n) is 14.4. The molecule has 4 aliphatic rings. The molecule has 1 aromatic rings. The molecule has 544 valence electrons. The summed E-state index contributed by atoms with van der Waals surface area (Å²) in [6.07, 6.45) is -14.3. The molecule has 94 heavy (non-hydrogen) atoms. The molecular weight excluding hydrogens is 1220 g/mol. The molecule has 0 spiro atoms. The normalized spacial score (nSPS) is 43.3. The van der Waals surface area contributed by atoms with Crippen molar-refractivity contribution in [3.63, 3.8) is 0 Å². The van der Waals surface area contributed by atoms with Gasteiger partial charge in [-0.2, -0.15) is 0 Å². The van der Waals surface area contributed by atoms with Gasteiger partial charge in [0.05, 0.1) is 65.7 Å². The van der Waals surface area contributed by atoms with Crippen LogP contribution in [0.2, 0.25) is 0 Å². The van der Waals surface area contributed by atoms with Gasteiger partial charge in [-0.05, 0) is 146 Å². The number of cyclic esters (lactones) is 2. The Labute approximate surface area is 558 Å². The lowest BCUT2D eigenvalue weighted by Gasteiger charge is -2.47. The minimum absolute atomic E-state index is 0.0308. The van der Waals surface area contributed by atoms with Gasteiger partial charge in [0.25, 0.3) is 0 Å². The molecule has 0 unspecified atom stereocenters. The highest BCUT2D eigenvalue weighted by Gasteiger charge is 2.53. The lowest BCUT2D eigenvalue weighted by Crippen LogP contribution is -2.60. The summed E-state index contributed by atoms with van der Waals surface area (Å²) < 4.78 is 41.4. The minimum atomic E-state index is -1.81. The molecule has 2 amide bonds. The summed E-state index contributed by atoms with van der Waals surface area (Å²) in [6, 6.07) is 6.92. The Morgan fingerprint density at radius 3 is 1.44 bits per heavy atom. The van der Waals surface area contributed by atoms with Crippen LogP contribution in [0.4, 0.5) is 4.79 Å². The van der Waals surface area contributed by atoms with Gasteiger partial charge in [0.1, 0.15) is 61.0 Å². The van der Waals surface area contributed by atoms with Crippen molar-refractivity contribution >= 4 is 23.9 Å². The third-order valence-corrected chi connectivity index (χ3v) is 20.5. The number of esters is 2. The first-order valence-corrected chi connectivity index (χ1v) is 33.8. The van der Waals surface area contributed by atoms with Crippen LogP contribution in [-0.4, -0.2) is 270 Å². The number of alkyl carbamates (subject to hydrolysis) is 1. The van der Waals surface area contributed by atoms with Crippen molar-refractivity contribution in [2.24, 2.45) is 35.5 Å². The topological polar surface area (TPSA) is 369 Å². The van der Waals surface area contributed by atoms with Gasteiger partial charge >= 0.3 is 18.0 Å². The fraction of sp³-hybridized carbons (Fsp3) is 0.853. The zero-order chi connectivity index (χ0) is 71.4. The highest BCUT2D eigenvalue weighted by atomic mass is 16.7. The van der Waals surface area contributed by atoms with Crippen molar-refractivity contribution in [2.75, 3.05) is 47.8 Å². The van der Waals surface area contributed by atoms with Crippen molar-refractivity contribution in [2.45, 2.75) is 288 Å². The number of nitrogens with one attached hydrogen (secondary N) is 2. The number of amides is 2. The number of likely N-dealkylation sites (N-methyl/N-ethyl adjacent to an activating group) is 4. The fourth-order valence-corrected chi connectivity index (χ4v) is 14.4. The summed E-state index contributed by atoms with van der Waals surface area (Å²) >= 11 is 0.